The smallest absolute Gasteiger partial charge is 0.167 e. The predicted octanol–water partition coefficient (Wildman–Crippen LogP) is 3.29. The van der Waals surface area contributed by atoms with Gasteiger partial charge in [0.25, 0.3) is 0 Å². The van der Waals surface area contributed by atoms with E-state index >= 15 is 0 Å². The Bertz CT molecular complexity index is 1110. The average molecular weight is 331 g/mol. The highest BCUT2D eigenvalue weighted by Crippen LogP contribution is 2.44. The number of aryl methyl sites for hydroxylation is 1. The summed E-state index contributed by atoms with van der Waals surface area (Å²) in [5.41, 5.74) is 2.82. The number of nitriles is 1. The van der Waals surface area contributed by atoms with Crippen LogP contribution in [0.2, 0.25) is 0 Å². The lowest BCUT2D eigenvalue weighted by Gasteiger charge is -2.31. The average Bonchev–Trinajstić information content (AvgIpc) is 3.25. The fraction of sp³-hybridized carbons (Fsp3) is 0.222. The van der Waals surface area contributed by atoms with Crippen LogP contribution in [0.25, 0.3) is 15.9 Å². The number of hydrogen-bond acceptors (Lipinski definition) is 5. The van der Waals surface area contributed by atoms with Crippen LogP contribution in [0.15, 0.2) is 43.0 Å². The minimum Gasteiger partial charge on any atom is -0.225 e. The molecule has 1 aliphatic carbocycles. The Kier molecular flexibility index (Phi) is 2.76. The Hall–Kier alpha value is -2.78. The third kappa shape index (κ3) is 1.76. The molecule has 1 aromatic carbocycles. The van der Waals surface area contributed by atoms with Gasteiger partial charge in [-0.25, -0.2) is 14.5 Å². The summed E-state index contributed by atoms with van der Waals surface area (Å²) in [5, 5.41) is 15.2. The van der Waals surface area contributed by atoms with E-state index in [-0.39, 0.29) is 0 Å². The molecule has 0 spiro atoms. The summed E-state index contributed by atoms with van der Waals surface area (Å²) in [6.45, 7) is 0. The Morgan fingerprint density at radius 3 is 2.92 bits per heavy atom. The molecule has 1 aliphatic rings. The van der Waals surface area contributed by atoms with Crippen molar-refractivity contribution >= 4 is 27.2 Å². The van der Waals surface area contributed by atoms with Crippen LogP contribution >= 0.6 is 11.3 Å². The van der Waals surface area contributed by atoms with Crippen molar-refractivity contribution in [1.82, 2.24) is 19.6 Å². The van der Waals surface area contributed by atoms with Gasteiger partial charge in [0, 0.05) is 11.3 Å². The SMILES string of the molecule is N#CC1(c2ccccc2)CCc2c(sc3ncn4ncnc4c23)C1. The lowest BCUT2D eigenvalue weighted by Crippen LogP contribution is -2.31. The monoisotopic (exact) mass is 331 g/mol. The first-order valence-corrected chi connectivity index (χ1v) is 8.68. The zero-order valence-electron chi connectivity index (χ0n) is 12.8. The van der Waals surface area contributed by atoms with Gasteiger partial charge in [-0.05, 0) is 24.0 Å². The van der Waals surface area contributed by atoms with E-state index in [9.17, 15) is 5.26 Å². The van der Waals surface area contributed by atoms with Crippen LogP contribution in [0.3, 0.4) is 0 Å². The van der Waals surface area contributed by atoms with Crippen molar-refractivity contribution in [2.75, 3.05) is 0 Å². The van der Waals surface area contributed by atoms with E-state index in [0.717, 1.165) is 40.7 Å². The summed E-state index contributed by atoms with van der Waals surface area (Å²) in [6, 6.07) is 12.8. The Morgan fingerprint density at radius 1 is 1.21 bits per heavy atom. The first-order valence-electron chi connectivity index (χ1n) is 7.86. The first kappa shape index (κ1) is 13.6. The summed E-state index contributed by atoms with van der Waals surface area (Å²) in [7, 11) is 0. The number of fused-ring (bicyclic) bond motifs is 5. The summed E-state index contributed by atoms with van der Waals surface area (Å²) in [5.74, 6) is 0. The summed E-state index contributed by atoms with van der Waals surface area (Å²) < 4.78 is 1.72. The van der Waals surface area contributed by atoms with Crippen molar-refractivity contribution in [3.8, 4) is 6.07 Å². The van der Waals surface area contributed by atoms with Crippen LogP contribution in [-0.4, -0.2) is 19.6 Å². The fourth-order valence-corrected chi connectivity index (χ4v) is 5.01. The van der Waals surface area contributed by atoms with Crippen LogP contribution in [-0.2, 0) is 18.3 Å². The molecule has 116 valence electrons. The van der Waals surface area contributed by atoms with Gasteiger partial charge in [0.2, 0.25) is 0 Å². The third-order valence-electron chi connectivity index (χ3n) is 4.96. The van der Waals surface area contributed by atoms with Gasteiger partial charge in [-0.1, -0.05) is 30.3 Å². The normalized spacial score (nSPS) is 20.1. The van der Waals surface area contributed by atoms with Gasteiger partial charge in [-0.3, -0.25) is 0 Å². The van der Waals surface area contributed by atoms with Gasteiger partial charge in [0.05, 0.1) is 16.9 Å². The van der Waals surface area contributed by atoms with E-state index < -0.39 is 5.41 Å². The van der Waals surface area contributed by atoms with E-state index in [0.29, 0.717) is 0 Å². The number of benzene rings is 1. The second-order valence-corrected chi connectivity index (χ2v) is 7.28. The topological polar surface area (TPSA) is 66.9 Å². The van der Waals surface area contributed by atoms with E-state index in [1.165, 1.54) is 10.4 Å². The molecule has 0 aliphatic heterocycles. The summed E-state index contributed by atoms with van der Waals surface area (Å²) in [6.07, 6.45) is 5.70. The lowest BCUT2D eigenvalue weighted by atomic mass is 9.70. The van der Waals surface area contributed by atoms with Crippen molar-refractivity contribution in [2.24, 2.45) is 0 Å². The van der Waals surface area contributed by atoms with E-state index in [2.05, 4.69) is 33.3 Å². The molecule has 1 atom stereocenters. The largest absolute Gasteiger partial charge is 0.225 e. The standard InChI is InChI=1S/C18H13N5S/c19-9-18(12-4-2-1-3-5-12)7-6-13-14(8-18)24-17-15(13)16-20-10-22-23(16)11-21-17/h1-5,10-11H,6-8H2. The molecule has 0 N–H and O–H groups in total. The highest BCUT2D eigenvalue weighted by Gasteiger charge is 2.38. The van der Waals surface area contributed by atoms with Gasteiger partial charge in [0.15, 0.2) is 5.65 Å². The van der Waals surface area contributed by atoms with E-state index in [1.807, 2.05) is 18.2 Å². The molecule has 3 heterocycles. The van der Waals surface area contributed by atoms with Gasteiger partial charge in [-0.15, -0.1) is 11.3 Å². The van der Waals surface area contributed by atoms with Gasteiger partial charge < -0.3 is 0 Å². The van der Waals surface area contributed by atoms with Crippen molar-refractivity contribution in [1.29, 1.82) is 5.26 Å². The summed E-state index contributed by atoms with van der Waals surface area (Å²) >= 11 is 1.69. The molecule has 0 fully saturated rings. The van der Waals surface area contributed by atoms with Crippen LogP contribution in [0.5, 0.6) is 0 Å². The molecule has 0 bridgehead atoms. The van der Waals surface area contributed by atoms with E-state index in [1.54, 1.807) is 28.5 Å². The zero-order chi connectivity index (χ0) is 16.1. The first-order chi connectivity index (χ1) is 11.8. The Labute approximate surface area is 142 Å². The molecule has 6 heteroatoms. The number of thiophene rings is 1. The predicted molar refractivity (Wildman–Crippen MR) is 91.9 cm³/mol. The maximum atomic E-state index is 9.95. The summed E-state index contributed by atoms with van der Waals surface area (Å²) in [4.78, 5) is 11.2. The van der Waals surface area contributed by atoms with Crippen molar-refractivity contribution in [3.05, 3.63) is 59.0 Å². The minimum atomic E-state index is -0.445. The van der Waals surface area contributed by atoms with Crippen molar-refractivity contribution < 1.29 is 0 Å². The van der Waals surface area contributed by atoms with Gasteiger partial charge in [0.1, 0.15) is 17.5 Å². The molecule has 3 aromatic heterocycles. The molecule has 0 radical (unpaired) electrons. The minimum absolute atomic E-state index is 0.445. The molecule has 0 saturated carbocycles. The van der Waals surface area contributed by atoms with Crippen LogP contribution in [0.4, 0.5) is 0 Å². The van der Waals surface area contributed by atoms with Crippen molar-refractivity contribution in [2.45, 2.75) is 24.7 Å². The third-order valence-corrected chi connectivity index (χ3v) is 6.10. The Balaban J connectivity index is 1.71. The van der Waals surface area contributed by atoms with E-state index in [4.69, 9.17) is 0 Å². The molecular weight excluding hydrogens is 318 g/mol. The quantitative estimate of drug-likeness (QED) is 0.537. The highest BCUT2D eigenvalue weighted by atomic mass is 32.1. The molecule has 4 aromatic rings. The van der Waals surface area contributed by atoms with Gasteiger partial charge in [-0.2, -0.15) is 10.4 Å². The number of nitrogens with zero attached hydrogens (tertiary/aromatic N) is 5. The maximum absolute atomic E-state index is 9.95. The number of hydrogen-bond donors (Lipinski definition) is 0. The molecule has 5 rings (SSSR count). The maximum Gasteiger partial charge on any atom is 0.167 e. The molecule has 24 heavy (non-hydrogen) atoms. The zero-order valence-corrected chi connectivity index (χ0v) is 13.6. The van der Waals surface area contributed by atoms with Crippen LogP contribution < -0.4 is 0 Å². The number of rotatable bonds is 1. The van der Waals surface area contributed by atoms with Gasteiger partial charge >= 0.3 is 0 Å². The van der Waals surface area contributed by atoms with Crippen LogP contribution in [0.1, 0.15) is 22.4 Å². The number of aromatic nitrogens is 4. The Morgan fingerprint density at radius 2 is 2.08 bits per heavy atom. The molecule has 1 unspecified atom stereocenters. The second kappa shape index (κ2) is 4.86. The van der Waals surface area contributed by atoms with Crippen molar-refractivity contribution in [3.63, 3.8) is 0 Å². The molecular formula is C18H13N5S. The molecule has 5 nitrogen and oxygen atoms in total. The van der Waals surface area contributed by atoms with Crippen LogP contribution in [0, 0.1) is 11.3 Å². The fourth-order valence-electron chi connectivity index (χ4n) is 3.71. The second-order valence-electron chi connectivity index (χ2n) is 6.19. The molecule has 0 saturated heterocycles. The highest BCUT2D eigenvalue weighted by molar-refractivity contribution is 7.19. The lowest BCUT2D eigenvalue weighted by molar-refractivity contribution is 0.480. The molecule has 0 amide bonds.